The van der Waals surface area contributed by atoms with Gasteiger partial charge >= 0.3 is 12.1 Å². The van der Waals surface area contributed by atoms with Gasteiger partial charge in [-0.15, -0.1) is 0 Å². The van der Waals surface area contributed by atoms with Gasteiger partial charge in [-0.25, -0.2) is 4.79 Å². The molecule has 0 saturated carbocycles. The number of carbonyl (C=O) groups is 1. The summed E-state index contributed by atoms with van der Waals surface area (Å²) in [5.41, 5.74) is 3.05. The summed E-state index contributed by atoms with van der Waals surface area (Å²) in [7, 11) is 0. The molecule has 0 aliphatic rings. The van der Waals surface area contributed by atoms with Gasteiger partial charge in [-0.2, -0.15) is 13.2 Å². The van der Waals surface area contributed by atoms with E-state index in [2.05, 4.69) is 15.9 Å². The number of nitrogens with two attached hydrogens (primary N) is 1. The molecule has 0 saturated heterocycles. The van der Waals surface area contributed by atoms with Gasteiger partial charge in [0.1, 0.15) is 0 Å². The number of hydrogen-bond acceptors (Lipinski definition) is 3. The highest BCUT2D eigenvalue weighted by Crippen LogP contribution is 2.41. The molecule has 0 aromatic heterocycles. The van der Waals surface area contributed by atoms with Crippen LogP contribution in [-0.4, -0.2) is 16.2 Å². The Labute approximate surface area is 102 Å². The standard InChI is InChI=1S/C9H7BrF3NO3/c10-6-4(14)2-1-3(7(15)8(16)17)5(6)9(11,12)13/h1-2,7,15H,14H2,(H,16,17). The zero-order chi connectivity index (χ0) is 13.4. The van der Waals surface area contributed by atoms with Crippen molar-refractivity contribution in [1.29, 1.82) is 0 Å². The second kappa shape index (κ2) is 4.53. The van der Waals surface area contributed by atoms with Crippen LogP contribution < -0.4 is 5.73 Å². The van der Waals surface area contributed by atoms with Crippen LogP contribution in [0, 0.1) is 0 Å². The molecule has 4 N–H and O–H groups in total. The molecule has 0 amide bonds. The topological polar surface area (TPSA) is 83.5 Å². The Morgan fingerprint density at radius 3 is 2.35 bits per heavy atom. The van der Waals surface area contributed by atoms with Crippen LogP contribution in [0.4, 0.5) is 18.9 Å². The van der Waals surface area contributed by atoms with Gasteiger partial charge in [0.25, 0.3) is 0 Å². The molecule has 4 nitrogen and oxygen atoms in total. The van der Waals surface area contributed by atoms with Crippen molar-refractivity contribution < 1.29 is 28.2 Å². The van der Waals surface area contributed by atoms with Crippen molar-refractivity contribution in [2.75, 3.05) is 5.73 Å². The maximum atomic E-state index is 12.7. The normalized spacial score (nSPS) is 13.5. The molecule has 0 fully saturated rings. The van der Waals surface area contributed by atoms with E-state index in [0.29, 0.717) is 0 Å². The zero-order valence-corrected chi connectivity index (χ0v) is 9.71. The number of benzene rings is 1. The number of alkyl halides is 3. The van der Waals surface area contributed by atoms with Crippen LogP contribution in [-0.2, 0) is 11.0 Å². The largest absolute Gasteiger partial charge is 0.479 e. The lowest BCUT2D eigenvalue weighted by Crippen LogP contribution is -2.18. The average Bonchev–Trinajstić information content (AvgIpc) is 2.18. The second-order valence-electron chi connectivity index (χ2n) is 3.17. The summed E-state index contributed by atoms with van der Waals surface area (Å²) >= 11 is 2.64. The first-order chi connectivity index (χ1) is 7.66. The fourth-order valence-electron chi connectivity index (χ4n) is 1.26. The van der Waals surface area contributed by atoms with Gasteiger partial charge < -0.3 is 15.9 Å². The Morgan fingerprint density at radius 2 is 1.94 bits per heavy atom. The van der Waals surface area contributed by atoms with E-state index in [1.807, 2.05) is 0 Å². The number of aliphatic hydroxyl groups is 1. The van der Waals surface area contributed by atoms with Crippen LogP contribution in [0.15, 0.2) is 16.6 Å². The third kappa shape index (κ3) is 2.70. The molecule has 17 heavy (non-hydrogen) atoms. The minimum atomic E-state index is -4.82. The fourth-order valence-corrected chi connectivity index (χ4v) is 1.84. The Balaban J connectivity index is 3.52. The highest BCUT2D eigenvalue weighted by molar-refractivity contribution is 9.10. The monoisotopic (exact) mass is 313 g/mol. The van der Waals surface area contributed by atoms with Crippen molar-refractivity contribution in [1.82, 2.24) is 0 Å². The van der Waals surface area contributed by atoms with E-state index in [4.69, 9.17) is 10.8 Å². The van der Waals surface area contributed by atoms with Crippen LogP contribution in [0.1, 0.15) is 17.2 Å². The molecule has 8 heteroatoms. The van der Waals surface area contributed by atoms with E-state index in [1.54, 1.807) is 0 Å². The molecule has 0 aliphatic carbocycles. The molecule has 0 aliphatic heterocycles. The number of anilines is 1. The van der Waals surface area contributed by atoms with E-state index < -0.39 is 33.8 Å². The molecule has 1 rings (SSSR count). The molecule has 1 atom stereocenters. The zero-order valence-electron chi connectivity index (χ0n) is 8.12. The number of hydrogen-bond donors (Lipinski definition) is 3. The first-order valence-corrected chi connectivity index (χ1v) is 5.01. The molecular weight excluding hydrogens is 307 g/mol. The molecular formula is C9H7BrF3NO3. The number of carboxylic acid groups (broad SMARTS) is 1. The van der Waals surface area contributed by atoms with Gasteiger partial charge in [-0.05, 0) is 22.0 Å². The van der Waals surface area contributed by atoms with E-state index >= 15 is 0 Å². The maximum absolute atomic E-state index is 12.7. The van der Waals surface area contributed by atoms with Gasteiger partial charge in [0, 0.05) is 11.3 Å². The van der Waals surface area contributed by atoms with E-state index in [9.17, 15) is 23.1 Å². The Morgan fingerprint density at radius 1 is 1.41 bits per heavy atom. The van der Waals surface area contributed by atoms with Crippen LogP contribution in [0.2, 0.25) is 0 Å². The Kier molecular flexibility index (Phi) is 3.68. The first-order valence-electron chi connectivity index (χ1n) is 4.22. The minimum Gasteiger partial charge on any atom is -0.479 e. The SMILES string of the molecule is Nc1ccc(C(O)C(=O)O)c(C(F)(F)F)c1Br. The number of aliphatic hydroxyl groups excluding tert-OH is 1. The maximum Gasteiger partial charge on any atom is 0.417 e. The number of halogens is 4. The number of nitrogen functional groups attached to an aromatic ring is 1. The number of aliphatic carboxylic acids is 1. The highest BCUT2D eigenvalue weighted by atomic mass is 79.9. The summed E-state index contributed by atoms with van der Waals surface area (Å²) in [5.74, 6) is -1.77. The molecule has 0 heterocycles. The van der Waals surface area contributed by atoms with Gasteiger partial charge in [0.15, 0.2) is 6.10 Å². The third-order valence-corrected chi connectivity index (χ3v) is 2.87. The smallest absolute Gasteiger partial charge is 0.417 e. The van der Waals surface area contributed by atoms with Crippen molar-refractivity contribution >= 4 is 27.6 Å². The van der Waals surface area contributed by atoms with Crippen molar-refractivity contribution in [2.45, 2.75) is 12.3 Å². The third-order valence-electron chi connectivity index (χ3n) is 2.02. The summed E-state index contributed by atoms with van der Waals surface area (Å²) in [6.45, 7) is 0. The molecule has 94 valence electrons. The van der Waals surface area contributed by atoms with Crippen LogP contribution in [0.25, 0.3) is 0 Å². The van der Waals surface area contributed by atoms with Gasteiger partial charge in [0.05, 0.1) is 10.0 Å². The lowest BCUT2D eigenvalue weighted by atomic mass is 10.0. The molecule has 0 spiro atoms. The Bertz CT molecular complexity index is 462. The van der Waals surface area contributed by atoms with Crippen molar-refractivity contribution in [3.63, 3.8) is 0 Å². The predicted molar refractivity (Wildman–Crippen MR) is 56.2 cm³/mol. The van der Waals surface area contributed by atoms with Crippen LogP contribution in [0.5, 0.6) is 0 Å². The quantitative estimate of drug-likeness (QED) is 0.731. The minimum absolute atomic E-state index is 0.196. The molecule has 1 aromatic carbocycles. The van der Waals surface area contributed by atoms with E-state index in [0.717, 1.165) is 12.1 Å². The fraction of sp³-hybridized carbons (Fsp3) is 0.222. The lowest BCUT2D eigenvalue weighted by Gasteiger charge is -2.17. The molecule has 0 radical (unpaired) electrons. The van der Waals surface area contributed by atoms with Gasteiger partial charge in [0.2, 0.25) is 0 Å². The average molecular weight is 314 g/mol. The summed E-state index contributed by atoms with van der Waals surface area (Å²) in [6, 6.07) is 1.92. The van der Waals surface area contributed by atoms with Crippen molar-refractivity contribution in [3.8, 4) is 0 Å². The summed E-state index contributed by atoms with van der Waals surface area (Å²) < 4.78 is 37.7. The predicted octanol–water partition coefficient (Wildman–Crippen LogP) is 2.17. The summed E-state index contributed by atoms with van der Waals surface area (Å²) in [6.07, 6.45) is -7.08. The van der Waals surface area contributed by atoms with Crippen LogP contribution in [0.3, 0.4) is 0 Å². The summed E-state index contributed by atoms with van der Waals surface area (Å²) in [4.78, 5) is 10.5. The van der Waals surface area contributed by atoms with E-state index in [-0.39, 0.29) is 5.69 Å². The van der Waals surface area contributed by atoms with Crippen molar-refractivity contribution in [3.05, 3.63) is 27.7 Å². The van der Waals surface area contributed by atoms with Gasteiger partial charge in [-0.3, -0.25) is 0 Å². The molecule has 0 bridgehead atoms. The molecule has 1 aromatic rings. The highest BCUT2D eigenvalue weighted by Gasteiger charge is 2.39. The molecule has 1 unspecified atom stereocenters. The van der Waals surface area contributed by atoms with E-state index in [1.165, 1.54) is 0 Å². The summed E-state index contributed by atoms with van der Waals surface area (Å²) in [5, 5.41) is 17.7. The number of carboxylic acids is 1. The first kappa shape index (κ1) is 13.8. The lowest BCUT2D eigenvalue weighted by molar-refractivity contribution is -0.149. The van der Waals surface area contributed by atoms with Crippen LogP contribution >= 0.6 is 15.9 Å². The van der Waals surface area contributed by atoms with Gasteiger partial charge in [-0.1, -0.05) is 6.07 Å². The number of rotatable bonds is 2. The second-order valence-corrected chi connectivity index (χ2v) is 3.96. The Hall–Kier alpha value is -1.28. The van der Waals surface area contributed by atoms with Crippen molar-refractivity contribution in [2.24, 2.45) is 0 Å².